The number of aromatic amines is 1. The summed E-state index contributed by atoms with van der Waals surface area (Å²) < 4.78 is 0. The van der Waals surface area contributed by atoms with E-state index in [1.165, 1.54) is 0 Å². The zero-order valence-electron chi connectivity index (χ0n) is 14.7. The van der Waals surface area contributed by atoms with E-state index in [1.807, 2.05) is 38.1 Å². The maximum Gasteiger partial charge on any atom is 0.253 e. The second-order valence-electron chi connectivity index (χ2n) is 5.95. The third-order valence-electron chi connectivity index (χ3n) is 4.15. The summed E-state index contributed by atoms with van der Waals surface area (Å²) in [4.78, 5) is 35.5. The largest absolute Gasteiger partial charge is 0.346 e. The summed E-state index contributed by atoms with van der Waals surface area (Å²) in [5.74, 6) is -0.206. The highest BCUT2D eigenvalue weighted by Crippen LogP contribution is 2.20. The predicted octanol–water partition coefficient (Wildman–Crippen LogP) is 2.63. The Morgan fingerprint density at radius 3 is 2.69 bits per heavy atom. The maximum absolute atomic E-state index is 12.3. The van der Waals surface area contributed by atoms with Crippen molar-refractivity contribution in [3.05, 3.63) is 81.7 Å². The molecule has 6 nitrogen and oxygen atoms in total. The zero-order valence-corrected chi connectivity index (χ0v) is 14.7. The Morgan fingerprint density at radius 1 is 1.19 bits per heavy atom. The van der Waals surface area contributed by atoms with Gasteiger partial charge in [-0.1, -0.05) is 13.0 Å². The third-order valence-corrected chi connectivity index (χ3v) is 4.15. The number of aromatic nitrogens is 3. The van der Waals surface area contributed by atoms with Crippen LogP contribution in [-0.4, -0.2) is 20.9 Å². The molecule has 132 valence electrons. The topological polar surface area (TPSA) is 87.7 Å². The lowest BCUT2D eigenvalue weighted by atomic mass is 10.1. The number of nitrogens with one attached hydrogen (secondary N) is 2. The highest BCUT2D eigenvalue weighted by Gasteiger charge is 2.10. The molecule has 0 spiro atoms. The molecule has 0 atom stereocenters. The van der Waals surface area contributed by atoms with E-state index in [-0.39, 0.29) is 11.5 Å². The summed E-state index contributed by atoms with van der Waals surface area (Å²) >= 11 is 0. The van der Waals surface area contributed by atoms with E-state index in [4.69, 9.17) is 0 Å². The molecule has 0 bridgehead atoms. The molecule has 0 aliphatic heterocycles. The van der Waals surface area contributed by atoms with E-state index in [0.29, 0.717) is 24.1 Å². The van der Waals surface area contributed by atoms with Crippen LogP contribution in [-0.2, 0) is 13.0 Å². The summed E-state index contributed by atoms with van der Waals surface area (Å²) in [6.07, 6.45) is 3.88. The molecule has 3 heterocycles. The molecule has 0 aliphatic rings. The summed E-state index contributed by atoms with van der Waals surface area (Å²) in [6, 6.07) is 10.9. The fourth-order valence-electron chi connectivity index (χ4n) is 2.66. The van der Waals surface area contributed by atoms with E-state index >= 15 is 0 Å². The fraction of sp³-hybridized carbons (Fsp3) is 0.200. The normalized spacial score (nSPS) is 10.5. The maximum atomic E-state index is 12.3. The number of aryl methyl sites for hydroxylation is 2. The van der Waals surface area contributed by atoms with Crippen LogP contribution in [0.2, 0.25) is 0 Å². The molecule has 0 aromatic carbocycles. The molecule has 3 aromatic heterocycles. The SMILES string of the molecule is CCc1cc(-c2ccc(C(=O)NCc3ccccn3)cn2)c(C)[nH]c1=O. The quantitative estimate of drug-likeness (QED) is 0.742. The van der Waals surface area contributed by atoms with Crippen molar-refractivity contribution in [1.82, 2.24) is 20.3 Å². The second-order valence-corrected chi connectivity index (χ2v) is 5.95. The number of hydrogen-bond donors (Lipinski definition) is 2. The minimum absolute atomic E-state index is 0.0701. The predicted molar refractivity (Wildman–Crippen MR) is 99.8 cm³/mol. The molecule has 0 unspecified atom stereocenters. The van der Waals surface area contributed by atoms with Gasteiger partial charge in [0.25, 0.3) is 11.5 Å². The van der Waals surface area contributed by atoms with Crippen molar-refractivity contribution in [2.45, 2.75) is 26.8 Å². The van der Waals surface area contributed by atoms with Crippen LogP contribution in [0, 0.1) is 6.92 Å². The monoisotopic (exact) mass is 348 g/mol. The number of rotatable bonds is 5. The first-order chi connectivity index (χ1) is 12.6. The summed E-state index contributed by atoms with van der Waals surface area (Å²) in [5.41, 5.74) is 4.25. The molecule has 3 aromatic rings. The summed E-state index contributed by atoms with van der Waals surface area (Å²) in [6.45, 7) is 4.14. The van der Waals surface area contributed by atoms with Gasteiger partial charge in [0.2, 0.25) is 0 Å². The minimum Gasteiger partial charge on any atom is -0.346 e. The van der Waals surface area contributed by atoms with Crippen molar-refractivity contribution in [2.75, 3.05) is 0 Å². The van der Waals surface area contributed by atoms with Gasteiger partial charge in [0.05, 0.1) is 23.5 Å². The van der Waals surface area contributed by atoms with Crippen molar-refractivity contribution in [1.29, 1.82) is 0 Å². The number of amides is 1. The molecule has 0 aliphatic carbocycles. The van der Waals surface area contributed by atoms with Crippen molar-refractivity contribution < 1.29 is 4.79 Å². The fourth-order valence-corrected chi connectivity index (χ4v) is 2.66. The summed E-state index contributed by atoms with van der Waals surface area (Å²) in [5, 5.41) is 2.82. The molecular weight excluding hydrogens is 328 g/mol. The Labute approximate surface area is 151 Å². The van der Waals surface area contributed by atoms with Gasteiger partial charge in [-0.25, -0.2) is 0 Å². The van der Waals surface area contributed by atoms with Gasteiger partial charge in [0, 0.05) is 29.2 Å². The molecule has 0 saturated heterocycles. The van der Waals surface area contributed by atoms with Gasteiger partial charge in [-0.05, 0) is 43.7 Å². The lowest BCUT2D eigenvalue weighted by Crippen LogP contribution is -2.23. The van der Waals surface area contributed by atoms with Crippen LogP contribution >= 0.6 is 0 Å². The molecule has 0 radical (unpaired) electrons. The first kappa shape index (κ1) is 17.5. The second kappa shape index (κ2) is 7.74. The van der Waals surface area contributed by atoms with Gasteiger partial charge >= 0.3 is 0 Å². The van der Waals surface area contributed by atoms with E-state index in [9.17, 15) is 9.59 Å². The van der Waals surface area contributed by atoms with Crippen molar-refractivity contribution in [3.8, 4) is 11.3 Å². The lowest BCUT2D eigenvalue weighted by Gasteiger charge is -2.09. The molecule has 3 rings (SSSR count). The van der Waals surface area contributed by atoms with Crippen molar-refractivity contribution in [3.63, 3.8) is 0 Å². The number of nitrogens with zero attached hydrogens (tertiary/aromatic N) is 2. The lowest BCUT2D eigenvalue weighted by molar-refractivity contribution is 0.0950. The Bertz CT molecular complexity index is 963. The van der Waals surface area contributed by atoms with E-state index < -0.39 is 0 Å². The van der Waals surface area contributed by atoms with Gasteiger partial charge < -0.3 is 10.3 Å². The average Bonchev–Trinajstić information content (AvgIpc) is 2.67. The number of carbonyl (C=O) groups is 1. The number of carbonyl (C=O) groups excluding carboxylic acids is 1. The van der Waals surface area contributed by atoms with Gasteiger partial charge in [-0.15, -0.1) is 0 Å². The Balaban J connectivity index is 1.76. The van der Waals surface area contributed by atoms with Crippen molar-refractivity contribution >= 4 is 5.91 Å². The molecular formula is C20H20N4O2. The Hall–Kier alpha value is -3.28. The van der Waals surface area contributed by atoms with Crippen molar-refractivity contribution in [2.24, 2.45) is 0 Å². The van der Waals surface area contributed by atoms with Gasteiger partial charge in [0.15, 0.2) is 0 Å². The van der Waals surface area contributed by atoms with Gasteiger partial charge in [-0.2, -0.15) is 0 Å². The molecule has 6 heteroatoms. The Morgan fingerprint density at radius 2 is 2.04 bits per heavy atom. The number of pyridine rings is 3. The minimum atomic E-state index is -0.206. The van der Waals surface area contributed by atoms with Crippen LogP contribution in [0.5, 0.6) is 0 Å². The highest BCUT2D eigenvalue weighted by atomic mass is 16.1. The standard InChI is InChI=1S/C20H20N4O2/c1-3-14-10-17(13(2)24-20(14)26)18-8-7-15(11-22-18)19(25)23-12-16-6-4-5-9-21-16/h4-11H,3,12H2,1-2H3,(H,23,25)(H,24,26). The van der Waals surface area contributed by atoms with E-state index in [1.54, 1.807) is 24.5 Å². The van der Waals surface area contributed by atoms with E-state index in [2.05, 4.69) is 20.3 Å². The smallest absolute Gasteiger partial charge is 0.253 e. The van der Waals surface area contributed by atoms with Crippen LogP contribution in [0.15, 0.2) is 53.6 Å². The van der Waals surface area contributed by atoms with Gasteiger partial charge in [-0.3, -0.25) is 19.6 Å². The zero-order chi connectivity index (χ0) is 18.5. The van der Waals surface area contributed by atoms with Gasteiger partial charge in [0.1, 0.15) is 0 Å². The van der Waals surface area contributed by atoms with Crippen LogP contribution in [0.3, 0.4) is 0 Å². The molecule has 2 N–H and O–H groups in total. The van der Waals surface area contributed by atoms with Crippen LogP contribution < -0.4 is 10.9 Å². The number of hydrogen-bond acceptors (Lipinski definition) is 4. The molecule has 0 saturated carbocycles. The first-order valence-corrected chi connectivity index (χ1v) is 8.46. The van der Waals surface area contributed by atoms with Crippen LogP contribution in [0.1, 0.15) is 34.2 Å². The first-order valence-electron chi connectivity index (χ1n) is 8.46. The molecule has 1 amide bonds. The average molecular weight is 348 g/mol. The Kier molecular flexibility index (Phi) is 5.22. The molecule has 26 heavy (non-hydrogen) atoms. The van der Waals surface area contributed by atoms with E-state index in [0.717, 1.165) is 22.6 Å². The highest BCUT2D eigenvalue weighted by molar-refractivity contribution is 5.94. The van der Waals surface area contributed by atoms with Crippen LogP contribution in [0.4, 0.5) is 0 Å². The number of H-pyrrole nitrogens is 1. The summed E-state index contributed by atoms with van der Waals surface area (Å²) in [7, 11) is 0. The van der Waals surface area contributed by atoms with Crippen LogP contribution in [0.25, 0.3) is 11.3 Å². The molecule has 0 fully saturated rings. The third kappa shape index (κ3) is 3.85.